The van der Waals surface area contributed by atoms with Crippen molar-refractivity contribution in [2.75, 3.05) is 6.61 Å². The fraction of sp³-hybridized carbons (Fsp3) is 0.375. The molecule has 1 heterocycles. The second-order valence-corrected chi connectivity index (χ2v) is 15.7. The van der Waals surface area contributed by atoms with E-state index in [0.717, 1.165) is 16.7 Å². The third kappa shape index (κ3) is 8.85. The Kier molecular flexibility index (Phi) is 10.6. The highest BCUT2D eigenvalue weighted by atomic mass is 28.3. The lowest BCUT2D eigenvalue weighted by molar-refractivity contribution is -0.557. The molecule has 0 N–H and O–H groups in total. The van der Waals surface area contributed by atoms with Crippen LogP contribution in [-0.2, 0) is 38.8 Å². The van der Waals surface area contributed by atoms with Crippen LogP contribution in [0.1, 0.15) is 16.7 Å². The summed E-state index contributed by atoms with van der Waals surface area (Å²) >= 11 is 0. The predicted octanol–water partition coefficient (Wildman–Crippen LogP) is 5.67. The van der Waals surface area contributed by atoms with Crippen molar-refractivity contribution in [1.82, 2.24) is 0 Å². The Hall–Kier alpha value is -3.32. The van der Waals surface area contributed by atoms with Crippen LogP contribution in [0, 0.1) is 21.6 Å². The first-order valence-corrected chi connectivity index (χ1v) is 17.0. The van der Waals surface area contributed by atoms with Crippen molar-refractivity contribution >= 4 is 8.07 Å². The van der Waals surface area contributed by atoms with Gasteiger partial charge in [0.25, 0.3) is 6.04 Å². The molecule has 0 amide bonds. The molecule has 7 nitrogen and oxygen atoms in total. The molecule has 210 valence electrons. The standard InChI is InChI=1S/C32H37NO6Si/c1-40(2,3)20-19-28-30(33(34)35)32(38-23-27-17-11-6-12-18-27)31(37-22-26-15-9-5-10-16-26)29(39-28)24-36-21-25-13-7-4-8-14-25/h4-18,28-32H,21-24H2,1-3H3/t28-,29-,30+,31+,32-/m1/s1. The van der Waals surface area contributed by atoms with E-state index in [4.69, 9.17) is 18.9 Å². The van der Waals surface area contributed by atoms with Gasteiger partial charge >= 0.3 is 0 Å². The molecule has 3 aromatic carbocycles. The second kappa shape index (κ2) is 14.4. The molecule has 0 bridgehead atoms. The van der Waals surface area contributed by atoms with Gasteiger partial charge < -0.3 is 18.9 Å². The molecule has 1 aliphatic heterocycles. The molecular formula is C32H37NO6Si. The number of nitro groups is 1. The molecule has 4 rings (SSSR count). The summed E-state index contributed by atoms with van der Waals surface area (Å²) in [5.41, 5.74) is 6.16. The van der Waals surface area contributed by atoms with Gasteiger partial charge in [-0.15, -0.1) is 5.54 Å². The molecule has 1 saturated heterocycles. The van der Waals surface area contributed by atoms with Gasteiger partial charge in [0.05, 0.1) is 26.4 Å². The lowest BCUT2D eigenvalue weighted by Gasteiger charge is -2.41. The van der Waals surface area contributed by atoms with Gasteiger partial charge in [-0.2, -0.15) is 0 Å². The molecule has 0 aromatic heterocycles. The summed E-state index contributed by atoms with van der Waals surface area (Å²) in [5.74, 6) is 3.11. The molecule has 5 atom stereocenters. The van der Waals surface area contributed by atoms with E-state index < -0.39 is 38.5 Å². The van der Waals surface area contributed by atoms with Gasteiger partial charge in [-0.1, -0.05) is 117 Å². The first kappa shape index (κ1) is 29.7. The van der Waals surface area contributed by atoms with Crippen molar-refractivity contribution in [1.29, 1.82) is 0 Å². The molecule has 0 unspecified atom stereocenters. The molecule has 0 aliphatic carbocycles. The SMILES string of the molecule is C[Si](C)(C)C#C[C@H]1O[C@H](COCc2ccccc2)[C@H](OCc2ccccc2)[C@H](OCc2ccccc2)[C@H]1[N+](=O)[O-]. The minimum absolute atomic E-state index is 0.176. The average Bonchev–Trinajstić information content (AvgIpc) is 2.95. The fourth-order valence-corrected chi connectivity index (χ4v) is 5.07. The van der Waals surface area contributed by atoms with Gasteiger partial charge in [0.1, 0.15) is 20.3 Å². The Morgan fingerprint density at radius 3 is 1.73 bits per heavy atom. The molecule has 1 aliphatic rings. The molecule has 40 heavy (non-hydrogen) atoms. The molecule has 0 radical (unpaired) electrons. The highest BCUT2D eigenvalue weighted by Crippen LogP contribution is 2.30. The maximum absolute atomic E-state index is 12.5. The van der Waals surface area contributed by atoms with Gasteiger partial charge in [0.2, 0.25) is 0 Å². The van der Waals surface area contributed by atoms with E-state index in [2.05, 4.69) is 31.1 Å². The molecule has 0 spiro atoms. The van der Waals surface area contributed by atoms with E-state index in [1.165, 1.54) is 0 Å². The highest BCUT2D eigenvalue weighted by Gasteiger charge is 2.53. The van der Waals surface area contributed by atoms with Crippen molar-refractivity contribution in [3.63, 3.8) is 0 Å². The number of hydrogen-bond acceptors (Lipinski definition) is 6. The summed E-state index contributed by atoms with van der Waals surface area (Å²) in [5, 5.41) is 12.5. The van der Waals surface area contributed by atoms with Crippen LogP contribution in [0.2, 0.25) is 19.6 Å². The van der Waals surface area contributed by atoms with Crippen LogP contribution in [0.5, 0.6) is 0 Å². The van der Waals surface area contributed by atoms with Gasteiger partial charge in [0.15, 0.2) is 12.2 Å². The van der Waals surface area contributed by atoms with Crippen molar-refractivity contribution in [2.45, 2.75) is 69.9 Å². The van der Waals surface area contributed by atoms with E-state index in [0.29, 0.717) is 6.61 Å². The summed E-state index contributed by atoms with van der Waals surface area (Å²) < 4.78 is 25.2. The molecule has 8 heteroatoms. The Labute approximate surface area is 237 Å². The third-order valence-electron chi connectivity index (χ3n) is 6.46. The van der Waals surface area contributed by atoms with Gasteiger partial charge in [-0.05, 0) is 16.7 Å². The zero-order valence-electron chi connectivity index (χ0n) is 23.3. The first-order chi connectivity index (χ1) is 19.3. The monoisotopic (exact) mass is 559 g/mol. The maximum atomic E-state index is 12.5. The van der Waals surface area contributed by atoms with Crippen LogP contribution in [0.4, 0.5) is 0 Å². The van der Waals surface area contributed by atoms with E-state index in [1.807, 2.05) is 91.0 Å². The molecule has 0 saturated carbocycles. The summed E-state index contributed by atoms with van der Waals surface area (Å²) in [6, 6.07) is 28.0. The zero-order chi connectivity index (χ0) is 28.4. The second-order valence-electron chi connectivity index (χ2n) is 10.9. The number of nitrogens with zero attached hydrogens (tertiary/aromatic N) is 1. The van der Waals surface area contributed by atoms with Crippen LogP contribution in [0.15, 0.2) is 91.0 Å². The predicted molar refractivity (Wildman–Crippen MR) is 157 cm³/mol. The van der Waals surface area contributed by atoms with E-state index in [1.54, 1.807) is 0 Å². The Morgan fingerprint density at radius 1 is 0.775 bits per heavy atom. The van der Waals surface area contributed by atoms with Crippen molar-refractivity contribution in [3.8, 4) is 11.5 Å². The molecule has 3 aromatic rings. The van der Waals surface area contributed by atoms with Crippen LogP contribution in [0.3, 0.4) is 0 Å². The Balaban J connectivity index is 1.64. The lowest BCUT2D eigenvalue weighted by atomic mass is 9.92. The van der Waals surface area contributed by atoms with Crippen molar-refractivity contribution < 1.29 is 23.9 Å². The van der Waals surface area contributed by atoms with Gasteiger partial charge in [-0.25, -0.2) is 0 Å². The topological polar surface area (TPSA) is 80.1 Å². The molecule has 1 fully saturated rings. The van der Waals surface area contributed by atoms with Crippen LogP contribution in [0.25, 0.3) is 0 Å². The van der Waals surface area contributed by atoms with Crippen molar-refractivity contribution in [3.05, 3.63) is 118 Å². The lowest BCUT2D eigenvalue weighted by Crippen LogP contribution is -2.62. The minimum Gasteiger partial charge on any atom is -0.374 e. The number of benzene rings is 3. The van der Waals surface area contributed by atoms with Crippen LogP contribution in [-0.4, -0.2) is 50.1 Å². The Bertz CT molecular complexity index is 1260. The Morgan fingerprint density at radius 2 is 1.25 bits per heavy atom. The van der Waals surface area contributed by atoms with Crippen molar-refractivity contribution in [2.24, 2.45) is 0 Å². The van der Waals surface area contributed by atoms with E-state index >= 15 is 0 Å². The third-order valence-corrected chi connectivity index (χ3v) is 7.35. The largest absolute Gasteiger partial charge is 0.374 e. The van der Waals surface area contributed by atoms with E-state index in [9.17, 15) is 10.1 Å². The summed E-state index contributed by atoms with van der Waals surface area (Å²) in [4.78, 5) is 12.2. The minimum atomic E-state index is -1.83. The van der Waals surface area contributed by atoms with Gasteiger partial charge in [0, 0.05) is 4.92 Å². The number of rotatable bonds is 11. The zero-order valence-corrected chi connectivity index (χ0v) is 24.3. The normalized spacial score (nSPS) is 22.7. The summed E-state index contributed by atoms with van der Waals surface area (Å²) in [6.45, 7) is 7.30. The average molecular weight is 560 g/mol. The number of ether oxygens (including phenoxy) is 4. The smallest absolute Gasteiger partial charge is 0.278 e. The summed E-state index contributed by atoms with van der Waals surface area (Å²) in [6.07, 6.45) is -3.23. The van der Waals surface area contributed by atoms with Gasteiger partial charge in [-0.3, -0.25) is 10.1 Å². The summed E-state index contributed by atoms with van der Waals surface area (Å²) in [7, 11) is -1.83. The first-order valence-electron chi connectivity index (χ1n) is 13.5. The van der Waals surface area contributed by atoms with Crippen LogP contribution >= 0.6 is 0 Å². The van der Waals surface area contributed by atoms with Crippen LogP contribution < -0.4 is 0 Å². The molecular weight excluding hydrogens is 522 g/mol. The number of hydrogen-bond donors (Lipinski definition) is 0. The fourth-order valence-electron chi connectivity index (χ4n) is 4.49. The van der Waals surface area contributed by atoms with E-state index in [-0.39, 0.29) is 24.7 Å². The quantitative estimate of drug-likeness (QED) is 0.130. The highest BCUT2D eigenvalue weighted by molar-refractivity contribution is 6.83. The maximum Gasteiger partial charge on any atom is 0.278 e.